The van der Waals surface area contributed by atoms with Crippen LogP contribution >= 0.6 is 0 Å². The van der Waals surface area contributed by atoms with Gasteiger partial charge in [0, 0.05) is 23.9 Å². The Hall–Kier alpha value is -1.97. The summed E-state index contributed by atoms with van der Waals surface area (Å²) < 4.78 is 42.2. The summed E-state index contributed by atoms with van der Waals surface area (Å²) in [7, 11) is -4.16. The Morgan fingerprint density at radius 3 is 2.48 bits per heavy atom. The first-order chi connectivity index (χ1) is 12.5. The van der Waals surface area contributed by atoms with Gasteiger partial charge in [-0.05, 0) is 12.8 Å². The van der Waals surface area contributed by atoms with Crippen LogP contribution in [0.15, 0.2) is 30.3 Å². The fraction of sp³-hybridized carbons (Fsp3) is 0.556. The molecule has 2 N–H and O–H groups in total. The monoisotopic (exact) mass is 399 g/mol. The molecule has 0 aromatic heterocycles. The van der Waals surface area contributed by atoms with Crippen molar-refractivity contribution in [2.75, 3.05) is 5.75 Å². The van der Waals surface area contributed by atoms with E-state index < -0.39 is 45.7 Å². The Morgan fingerprint density at radius 2 is 1.93 bits per heavy atom. The average molecular weight is 399 g/mol. The molecule has 1 saturated heterocycles. The highest BCUT2D eigenvalue weighted by atomic mass is 32.2. The summed E-state index contributed by atoms with van der Waals surface area (Å²) in [5.74, 6) is -1.33. The molecule has 1 aliphatic heterocycles. The third kappa shape index (κ3) is 6.30. The van der Waals surface area contributed by atoms with Gasteiger partial charge in [0.2, 0.25) is 12.2 Å². The van der Waals surface area contributed by atoms with Crippen molar-refractivity contribution in [1.29, 1.82) is 0 Å². The van der Waals surface area contributed by atoms with Crippen molar-refractivity contribution in [3.63, 3.8) is 0 Å². The quantitative estimate of drug-likeness (QED) is 0.505. The highest BCUT2D eigenvalue weighted by Gasteiger charge is 2.46. The van der Waals surface area contributed by atoms with Crippen molar-refractivity contribution in [1.82, 2.24) is 5.32 Å². The lowest BCUT2D eigenvalue weighted by molar-refractivity contribution is -0.144. The SMILES string of the molecule is CC(=O)NC(CCS(=O)(=O)O)CC(C)(C)[C@H]1OC(c2ccccc2)OC1=O. The highest BCUT2D eigenvalue weighted by Crippen LogP contribution is 2.39. The second kappa shape index (κ2) is 8.37. The fourth-order valence-corrected chi connectivity index (χ4v) is 3.76. The van der Waals surface area contributed by atoms with Crippen LogP contribution < -0.4 is 5.32 Å². The van der Waals surface area contributed by atoms with Gasteiger partial charge in [-0.15, -0.1) is 0 Å². The maximum absolute atomic E-state index is 12.4. The van der Waals surface area contributed by atoms with Gasteiger partial charge in [0.15, 0.2) is 6.10 Å². The van der Waals surface area contributed by atoms with E-state index in [0.29, 0.717) is 5.56 Å². The first-order valence-electron chi connectivity index (χ1n) is 8.61. The van der Waals surface area contributed by atoms with E-state index >= 15 is 0 Å². The first-order valence-corrected chi connectivity index (χ1v) is 10.2. The molecule has 1 aromatic carbocycles. The van der Waals surface area contributed by atoms with Gasteiger partial charge in [0.05, 0.1) is 5.75 Å². The molecule has 1 amide bonds. The van der Waals surface area contributed by atoms with Gasteiger partial charge >= 0.3 is 5.97 Å². The number of rotatable bonds is 8. The Kier molecular flexibility index (Phi) is 6.61. The minimum Gasteiger partial charge on any atom is -0.429 e. The van der Waals surface area contributed by atoms with Gasteiger partial charge in [-0.25, -0.2) is 4.79 Å². The van der Waals surface area contributed by atoms with Gasteiger partial charge in [0.25, 0.3) is 10.1 Å². The minimum absolute atomic E-state index is 0.0196. The third-order valence-electron chi connectivity index (χ3n) is 4.38. The molecule has 0 aliphatic carbocycles. The molecule has 0 bridgehead atoms. The van der Waals surface area contributed by atoms with Crippen molar-refractivity contribution in [2.24, 2.45) is 5.41 Å². The van der Waals surface area contributed by atoms with Gasteiger partial charge in [-0.1, -0.05) is 44.2 Å². The molecule has 0 saturated carbocycles. The number of benzene rings is 1. The number of nitrogens with one attached hydrogen (secondary N) is 1. The smallest absolute Gasteiger partial charge is 0.338 e. The van der Waals surface area contributed by atoms with Gasteiger partial charge in [-0.3, -0.25) is 9.35 Å². The zero-order valence-electron chi connectivity index (χ0n) is 15.5. The van der Waals surface area contributed by atoms with Crippen molar-refractivity contribution in [2.45, 2.75) is 52.0 Å². The molecule has 1 fully saturated rings. The average Bonchev–Trinajstić information content (AvgIpc) is 2.95. The minimum atomic E-state index is -4.16. The number of hydrogen-bond donors (Lipinski definition) is 2. The summed E-state index contributed by atoms with van der Waals surface area (Å²) in [5.41, 5.74) is -0.0265. The molecule has 150 valence electrons. The molecule has 0 radical (unpaired) electrons. The summed E-state index contributed by atoms with van der Waals surface area (Å²) >= 11 is 0. The van der Waals surface area contributed by atoms with Crippen LogP contribution in [0, 0.1) is 5.41 Å². The second-order valence-corrected chi connectivity index (χ2v) is 8.93. The Bertz CT molecular complexity index is 776. The van der Waals surface area contributed by atoms with Crippen LogP contribution in [0.3, 0.4) is 0 Å². The van der Waals surface area contributed by atoms with E-state index in [1.165, 1.54) is 6.92 Å². The zero-order valence-corrected chi connectivity index (χ0v) is 16.4. The van der Waals surface area contributed by atoms with Crippen LogP contribution in [0.25, 0.3) is 0 Å². The molecule has 1 aromatic rings. The predicted octanol–water partition coefficient (Wildman–Crippen LogP) is 1.83. The normalized spacial score (nSPS) is 21.6. The zero-order chi connectivity index (χ0) is 20.2. The molecule has 3 atom stereocenters. The Balaban J connectivity index is 2.09. The van der Waals surface area contributed by atoms with E-state index in [2.05, 4.69) is 5.32 Å². The summed E-state index contributed by atoms with van der Waals surface area (Å²) in [6.45, 7) is 4.89. The third-order valence-corrected chi connectivity index (χ3v) is 5.13. The molecule has 9 heteroatoms. The lowest BCUT2D eigenvalue weighted by atomic mass is 9.79. The van der Waals surface area contributed by atoms with Crippen LogP contribution in [-0.2, 0) is 29.2 Å². The molecule has 2 rings (SSSR count). The number of cyclic esters (lactones) is 1. The first kappa shape index (κ1) is 21.3. The van der Waals surface area contributed by atoms with E-state index in [9.17, 15) is 18.0 Å². The molecule has 8 nitrogen and oxygen atoms in total. The predicted molar refractivity (Wildman–Crippen MR) is 97.2 cm³/mol. The number of carbonyl (C=O) groups is 2. The number of ether oxygens (including phenoxy) is 2. The van der Waals surface area contributed by atoms with E-state index in [1.807, 2.05) is 18.2 Å². The second-order valence-electron chi connectivity index (χ2n) is 7.36. The lowest BCUT2D eigenvalue weighted by Crippen LogP contribution is -2.43. The van der Waals surface area contributed by atoms with Gasteiger partial charge < -0.3 is 14.8 Å². The summed E-state index contributed by atoms with van der Waals surface area (Å²) in [6.07, 6.45) is -1.39. The van der Waals surface area contributed by atoms with Crippen molar-refractivity contribution < 1.29 is 32.0 Å². The summed E-state index contributed by atoms with van der Waals surface area (Å²) in [6, 6.07) is 8.50. The number of carbonyl (C=O) groups excluding carboxylic acids is 2. The van der Waals surface area contributed by atoms with Crippen LogP contribution in [-0.4, -0.2) is 42.7 Å². The Morgan fingerprint density at radius 1 is 1.30 bits per heavy atom. The topological polar surface area (TPSA) is 119 Å². The molecule has 0 spiro atoms. The standard InChI is InChI=1S/C18H25NO7S/c1-12(20)19-14(9-10-27(22,23)24)11-18(2,3)15-16(21)26-17(25-15)13-7-5-4-6-8-13/h4-8,14-15,17H,9-11H2,1-3H3,(H,19,20)(H,22,23,24)/t14?,15-,17?/m0/s1. The fourth-order valence-electron chi connectivity index (χ4n) is 3.18. The van der Waals surface area contributed by atoms with Crippen LogP contribution in [0.5, 0.6) is 0 Å². The number of esters is 1. The van der Waals surface area contributed by atoms with Crippen molar-refractivity contribution in [3.05, 3.63) is 35.9 Å². The maximum atomic E-state index is 12.4. The largest absolute Gasteiger partial charge is 0.429 e. The number of hydrogen-bond acceptors (Lipinski definition) is 6. The molecule has 1 aliphatic rings. The van der Waals surface area contributed by atoms with Gasteiger partial charge in [0.1, 0.15) is 0 Å². The Labute approximate surface area is 159 Å². The lowest BCUT2D eigenvalue weighted by Gasteiger charge is -2.32. The van der Waals surface area contributed by atoms with E-state index in [1.54, 1.807) is 26.0 Å². The summed E-state index contributed by atoms with van der Waals surface area (Å²) in [5, 5.41) is 2.67. The highest BCUT2D eigenvalue weighted by molar-refractivity contribution is 7.85. The maximum Gasteiger partial charge on any atom is 0.338 e. The van der Waals surface area contributed by atoms with E-state index in [0.717, 1.165) is 0 Å². The van der Waals surface area contributed by atoms with E-state index in [-0.39, 0.29) is 18.7 Å². The van der Waals surface area contributed by atoms with Gasteiger partial charge in [-0.2, -0.15) is 8.42 Å². The molecular weight excluding hydrogens is 374 g/mol. The summed E-state index contributed by atoms with van der Waals surface area (Å²) in [4.78, 5) is 23.8. The van der Waals surface area contributed by atoms with Crippen molar-refractivity contribution >= 4 is 22.0 Å². The molecule has 1 heterocycles. The molecule has 27 heavy (non-hydrogen) atoms. The van der Waals surface area contributed by atoms with Crippen molar-refractivity contribution in [3.8, 4) is 0 Å². The van der Waals surface area contributed by atoms with Crippen LogP contribution in [0.2, 0.25) is 0 Å². The van der Waals surface area contributed by atoms with Crippen LogP contribution in [0.1, 0.15) is 45.5 Å². The molecular formula is C18H25NO7S. The molecule has 2 unspecified atom stereocenters. The van der Waals surface area contributed by atoms with Crippen LogP contribution in [0.4, 0.5) is 0 Å². The number of amides is 1. The van der Waals surface area contributed by atoms with E-state index in [4.69, 9.17) is 14.0 Å².